The lowest BCUT2D eigenvalue weighted by Crippen LogP contribution is -2.41. The standard InChI is InChI=1S/C27H27N3O6S/c31-26-19-36-25-13-10-21(18-24(25)30(26)16-17-35-22-6-2-1-3-7-22)28-27(32)20-8-11-23(12-9-20)37(33,34)29-14-4-5-15-29/h1-3,6-13,18H,4-5,14-17,19H2,(H,28,32). The maximum absolute atomic E-state index is 12.9. The molecule has 1 saturated heterocycles. The molecule has 9 nitrogen and oxygen atoms in total. The van der Waals surface area contributed by atoms with Gasteiger partial charge in [-0.25, -0.2) is 8.42 Å². The fourth-order valence-corrected chi connectivity index (χ4v) is 5.87. The van der Waals surface area contributed by atoms with Gasteiger partial charge in [0.15, 0.2) is 6.61 Å². The Morgan fingerprint density at radius 3 is 2.43 bits per heavy atom. The molecular weight excluding hydrogens is 494 g/mol. The number of nitrogens with zero attached hydrogens (tertiary/aromatic N) is 2. The number of amides is 2. The van der Waals surface area contributed by atoms with Crippen LogP contribution in [0.3, 0.4) is 0 Å². The highest BCUT2D eigenvalue weighted by Gasteiger charge is 2.28. The van der Waals surface area contributed by atoms with E-state index >= 15 is 0 Å². The van der Waals surface area contributed by atoms with E-state index in [0.29, 0.717) is 54.7 Å². The summed E-state index contributed by atoms with van der Waals surface area (Å²) in [5, 5.41) is 2.82. The lowest BCUT2D eigenvalue weighted by atomic mass is 10.1. The number of sulfonamides is 1. The van der Waals surface area contributed by atoms with Crippen molar-refractivity contribution in [3.63, 3.8) is 0 Å². The monoisotopic (exact) mass is 521 g/mol. The Balaban J connectivity index is 1.27. The quantitative estimate of drug-likeness (QED) is 0.486. The first-order valence-corrected chi connectivity index (χ1v) is 13.5. The highest BCUT2D eigenvalue weighted by Crippen LogP contribution is 2.34. The second-order valence-electron chi connectivity index (χ2n) is 8.77. The molecule has 0 aromatic heterocycles. The van der Waals surface area contributed by atoms with Crippen LogP contribution in [0.25, 0.3) is 0 Å². The summed E-state index contributed by atoms with van der Waals surface area (Å²) in [6.45, 7) is 1.57. The predicted molar refractivity (Wildman–Crippen MR) is 139 cm³/mol. The van der Waals surface area contributed by atoms with E-state index < -0.39 is 15.9 Å². The second kappa shape index (κ2) is 10.6. The number of fused-ring (bicyclic) bond motifs is 1. The number of carbonyl (C=O) groups is 2. The van der Waals surface area contributed by atoms with Gasteiger partial charge in [0.25, 0.3) is 11.8 Å². The first-order valence-electron chi connectivity index (χ1n) is 12.1. The smallest absolute Gasteiger partial charge is 0.265 e. The molecule has 0 saturated carbocycles. The van der Waals surface area contributed by atoms with Crippen molar-refractivity contribution in [3.8, 4) is 11.5 Å². The average molecular weight is 522 g/mol. The van der Waals surface area contributed by atoms with Gasteiger partial charge in [0.2, 0.25) is 10.0 Å². The van der Waals surface area contributed by atoms with Crippen molar-refractivity contribution in [1.29, 1.82) is 0 Å². The zero-order chi connectivity index (χ0) is 25.8. The Hall–Kier alpha value is -3.89. The van der Waals surface area contributed by atoms with Crippen molar-refractivity contribution in [2.45, 2.75) is 17.7 Å². The van der Waals surface area contributed by atoms with Gasteiger partial charge >= 0.3 is 0 Å². The molecule has 3 aromatic rings. The maximum Gasteiger partial charge on any atom is 0.265 e. The van der Waals surface area contributed by atoms with Gasteiger partial charge in [-0.1, -0.05) is 18.2 Å². The zero-order valence-electron chi connectivity index (χ0n) is 20.1. The van der Waals surface area contributed by atoms with Crippen LogP contribution in [0.4, 0.5) is 11.4 Å². The fourth-order valence-electron chi connectivity index (χ4n) is 4.36. The van der Waals surface area contributed by atoms with Gasteiger partial charge in [-0.2, -0.15) is 4.31 Å². The first-order chi connectivity index (χ1) is 17.9. The summed E-state index contributed by atoms with van der Waals surface area (Å²) < 4.78 is 38.2. The molecule has 1 N–H and O–H groups in total. The number of carbonyl (C=O) groups excluding carboxylic acids is 2. The summed E-state index contributed by atoms with van der Waals surface area (Å²) >= 11 is 0. The van der Waals surface area contributed by atoms with Crippen molar-refractivity contribution < 1.29 is 27.5 Å². The minimum Gasteiger partial charge on any atom is -0.492 e. The summed E-state index contributed by atoms with van der Waals surface area (Å²) in [5.41, 5.74) is 1.33. The summed E-state index contributed by atoms with van der Waals surface area (Å²) in [4.78, 5) is 27.2. The molecule has 37 heavy (non-hydrogen) atoms. The van der Waals surface area contributed by atoms with Crippen molar-refractivity contribution in [1.82, 2.24) is 4.31 Å². The first kappa shape index (κ1) is 24.8. The van der Waals surface area contributed by atoms with Crippen molar-refractivity contribution >= 4 is 33.2 Å². The molecular formula is C27H27N3O6S. The summed E-state index contributed by atoms with van der Waals surface area (Å²) in [6, 6.07) is 20.3. The van der Waals surface area contributed by atoms with E-state index in [0.717, 1.165) is 12.8 Å². The average Bonchev–Trinajstić information content (AvgIpc) is 3.47. The lowest BCUT2D eigenvalue weighted by Gasteiger charge is -2.29. The molecule has 0 aliphatic carbocycles. The summed E-state index contributed by atoms with van der Waals surface area (Å²) in [5.74, 6) is 0.645. The number of hydrogen-bond acceptors (Lipinski definition) is 6. The van der Waals surface area contributed by atoms with E-state index in [9.17, 15) is 18.0 Å². The molecule has 2 heterocycles. The number of benzene rings is 3. The zero-order valence-corrected chi connectivity index (χ0v) is 20.9. The molecule has 1 fully saturated rings. The predicted octanol–water partition coefficient (Wildman–Crippen LogP) is 3.53. The molecule has 3 aromatic carbocycles. The fraction of sp³-hybridized carbons (Fsp3) is 0.259. The van der Waals surface area contributed by atoms with E-state index in [4.69, 9.17) is 9.47 Å². The van der Waals surface area contributed by atoms with Crippen molar-refractivity contribution in [3.05, 3.63) is 78.4 Å². The molecule has 0 bridgehead atoms. The van der Waals surface area contributed by atoms with Gasteiger partial charge in [0, 0.05) is 24.3 Å². The normalized spacial score (nSPS) is 15.7. The summed E-state index contributed by atoms with van der Waals surface area (Å²) in [7, 11) is -3.55. The van der Waals surface area contributed by atoms with Crippen molar-refractivity contribution in [2.75, 3.05) is 43.1 Å². The van der Waals surface area contributed by atoms with Crippen LogP contribution < -0.4 is 19.7 Å². The Morgan fingerprint density at radius 2 is 1.70 bits per heavy atom. The third-order valence-corrected chi connectivity index (χ3v) is 8.22. The molecule has 0 atom stereocenters. The van der Waals surface area contributed by atoms with Crippen LogP contribution >= 0.6 is 0 Å². The molecule has 0 unspecified atom stereocenters. The molecule has 0 radical (unpaired) electrons. The van der Waals surface area contributed by atoms with Crippen LogP contribution in [0.5, 0.6) is 11.5 Å². The number of para-hydroxylation sites is 1. The van der Waals surface area contributed by atoms with E-state index in [2.05, 4.69) is 5.32 Å². The largest absolute Gasteiger partial charge is 0.492 e. The Morgan fingerprint density at radius 1 is 0.973 bits per heavy atom. The Labute approximate surface area is 215 Å². The number of anilines is 2. The van der Waals surface area contributed by atoms with Crippen LogP contribution in [0.2, 0.25) is 0 Å². The topological polar surface area (TPSA) is 105 Å². The third-order valence-electron chi connectivity index (χ3n) is 6.31. The van der Waals surface area contributed by atoms with Crippen LogP contribution in [-0.4, -0.2) is 57.4 Å². The van der Waals surface area contributed by atoms with Crippen molar-refractivity contribution in [2.24, 2.45) is 0 Å². The second-order valence-corrected chi connectivity index (χ2v) is 10.7. The number of ether oxygens (including phenoxy) is 2. The highest BCUT2D eigenvalue weighted by molar-refractivity contribution is 7.89. The molecule has 192 valence electrons. The Bertz CT molecular complexity index is 1390. The van der Waals surface area contributed by atoms with Gasteiger partial charge in [0.05, 0.1) is 17.1 Å². The van der Waals surface area contributed by atoms with Crippen LogP contribution in [0.1, 0.15) is 23.2 Å². The molecule has 2 amide bonds. The van der Waals surface area contributed by atoms with E-state index in [1.807, 2.05) is 30.3 Å². The minimum absolute atomic E-state index is 0.0727. The SMILES string of the molecule is O=C(Nc1ccc2c(c1)N(CCOc1ccccc1)C(=O)CO2)c1ccc(S(=O)(=O)N2CCCC2)cc1. The molecule has 10 heteroatoms. The van der Waals surface area contributed by atoms with Crippen LogP contribution in [-0.2, 0) is 14.8 Å². The lowest BCUT2D eigenvalue weighted by molar-refractivity contribution is -0.121. The number of rotatable bonds is 8. The van der Waals surface area contributed by atoms with Crippen LogP contribution in [0.15, 0.2) is 77.7 Å². The number of hydrogen-bond donors (Lipinski definition) is 1. The minimum atomic E-state index is -3.55. The summed E-state index contributed by atoms with van der Waals surface area (Å²) in [6.07, 6.45) is 1.71. The van der Waals surface area contributed by atoms with Gasteiger partial charge in [-0.3, -0.25) is 9.59 Å². The molecule has 0 spiro atoms. The van der Waals surface area contributed by atoms with Gasteiger partial charge in [-0.15, -0.1) is 0 Å². The number of nitrogens with one attached hydrogen (secondary N) is 1. The maximum atomic E-state index is 12.9. The molecule has 2 aliphatic heterocycles. The molecule has 5 rings (SSSR count). The van der Waals surface area contributed by atoms with Crippen LogP contribution in [0, 0.1) is 0 Å². The van der Waals surface area contributed by atoms with E-state index in [-0.39, 0.29) is 17.4 Å². The Kier molecular flexibility index (Phi) is 7.11. The van der Waals surface area contributed by atoms with E-state index in [1.165, 1.54) is 28.6 Å². The van der Waals surface area contributed by atoms with Gasteiger partial charge in [-0.05, 0) is 67.4 Å². The molecule has 2 aliphatic rings. The third kappa shape index (κ3) is 5.45. The van der Waals surface area contributed by atoms with Gasteiger partial charge < -0.3 is 19.7 Å². The highest BCUT2D eigenvalue weighted by atomic mass is 32.2. The van der Waals surface area contributed by atoms with Gasteiger partial charge in [0.1, 0.15) is 18.1 Å². The van der Waals surface area contributed by atoms with E-state index in [1.54, 1.807) is 23.1 Å².